The maximum Gasteiger partial charge on any atom is 0.272 e. The summed E-state index contributed by atoms with van der Waals surface area (Å²) in [6.07, 6.45) is 0.0572. The molecule has 0 atom stereocenters. The Kier molecular flexibility index (Phi) is 6.77. The highest BCUT2D eigenvalue weighted by Crippen LogP contribution is 2.20. The number of anilines is 1. The standard InChI is InChI=1S/C19H19Cl2N3O2/c1-11-6-12(2)8-15(7-11)22-18(25)9-13(3)23-24-19(26)16-5-4-14(20)10-17(16)21/h4-8,10H,9H2,1-3H3,(H,22,25)(H,24,26). The highest BCUT2D eigenvalue weighted by atomic mass is 35.5. The molecule has 2 N–H and O–H groups in total. The molecule has 0 aliphatic heterocycles. The van der Waals surface area contributed by atoms with Gasteiger partial charge in [-0.1, -0.05) is 29.3 Å². The first-order chi connectivity index (χ1) is 12.2. The molecular weight excluding hydrogens is 373 g/mol. The molecule has 0 bridgehead atoms. The number of hydrogen-bond donors (Lipinski definition) is 2. The Morgan fingerprint density at radius 2 is 1.69 bits per heavy atom. The summed E-state index contributed by atoms with van der Waals surface area (Å²) in [4.78, 5) is 24.2. The van der Waals surface area contributed by atoms with Crippen LogP contribution in [-0.2, 0) is 4.79 Å². The van der Waals surface area contributed by atoms with Crippen molar-refractivity contribution in [1.82, 2.24) is 5.43 Å². The van der Waals surface area contributed by atoms with E-state index in [-0.39, 0.29) is 22.9 Å². The van der Waals surface area contributed by atoms with Crippen molar-refractivity contribution in [2.45, 2.75) is 27.2 Å². The van der Waals surface area contributed by atoms with Gasteiger partial charge in [0, 0.05) is 16.4 Å². The Labute approximate surface area is 162 Å². The minimum absolute atomic E-state index is 0.0572. The van der Waals surface area contributed by atoms with E-state index in [9.17, 15) is 9.59 Å². The lowest BCUT2D eigenvalue weighted by atomic mass is 10.1. The minimum atomic E-state index is -0.472. The zero-order valence-corrected chi connectivity index (χ0v) is 16.2. The number of carbonyl (C=O) groups is 2. The zero-order valence-electron chi connectivity index (χ0n) is 14.7. The van der Waals surface area contributed by atoms with Crippen LogP contribution < -0.4 is 10.7 Å². The van der Waals surface area contributed by atoms with Crippen molar-refractivity contribution in [1.29, 1.82) is 0 Å². The third kappa shape index (κ3) is 5.86. The Morgan fingerprint density at radius 3 is 2.31 bits per heavy atom. The molecule has 0 radical (unpaired) electrons. The third-order valence-corrected chi connectivity index (χ3v) is 3.99. The van der Waals surface area contributed by atoms with E-state index in [0.717, 1.165) is 16.8 Å². The summed E-state index contributed by atoms with van der Waals surface area (Å²) in [6.45, 7) is 5.59. The van der Waals surface area contributed by atoms with Crippen LogP contribution in [0, 0.1) is 13.8 Å². The molecule has 0 spiro atoms. The summed E-state index contributed by atoms with van der Waals surface area (Å²) >= 11 is 11.8. The van der Waals surface area contributed by atoms with Crippen LogP contribution in [0.2, 0.25) is 10.0 Å². The van der Waals surface area contributed by atoms with E-state index in [1.54, 1.807) is 13.0 Å². The number of nitrogens with one attached hydrogen (secondary N) is 2. The quantitative estimate of drug-likeness (QED) is 0.570. The van der Waals surface area contributed by atoms with Crippen LogP contribution in [0.1, 0.15) is 34.8 Å². The number of benzene rings is 2. The van der Waals surface area contributed by atoms with Gasteiger partial charge in [-0.3, -0.25) is 9.59 Å². The van der Waals surface area contributed by atoms with Crippen LogP contribution in [0.25, 0.3) is 0 Å². The number of carbonyl (C=O) groups excluding carboxylic acids is 2. The van der Waals surface area contributed by atoms with Gasteiger partial charge in [-0.25, -0.2) is 5.43 Å². The summed E-state index contributed by atoms with van der Waals surface area (Å²) in [5.74, 6) is -0.684. The number of aryl methyl sites for hydroxylation is 2. The summed E-state index contributed by atoms with van der Waals surface area (Å²) in [7, 11) is 0. The van der Waals surface area contributed by atoms with Gasteiger partial charge < -0.3 is 5.32 Å². The maximum atomic E-state index is 12.1. The van der Waals surface area contributed by atoms with E-state index in [1.165, 1.54) is 12.1 Å². The van der Waals surface area contributed by atoms with Crippen LogP contribution in [0.5, 0.6) is 0 Å². The van der Waals surface area contributed by atoms with Crippen LogP contribution in [0.4, 0.5) is 5.69 Å². The van der Waals surface area contributed by atoms with E-state index in [0.29, 0.717) is 10.7 Å². The number of hydrazone groups is 1. The molecule has 2 aromatic carbocycles. The fourth-order valence-electron chi connectivity index (χ4n) is 2.40. The van der Waals surface area contributed by atoms with Crippen LogP contribution >= 0.6 is 23.2 Å². The highest BCUT2D eigenvalue weighted by molar-refractivity contribution is 6.36. The number of halogens is 2. The molecular formula is C19H19Cl2N3O2. The lowest BCUT2D eigenvalue weighted by molar-refractivity contribution is -0.115. The Morgan fingerprint density at radius 1 is 1.04 bits per heavy atom. The van der Waals surface area contributed by atoms with E-state index < -0.39 is 5.91 Å². The molecule has 26 heavy (non-hydrogen) atoms. The molecule has 2 aromatic rings. The first kappa shape index (κ1) is 19.9. The monoisotopic (exact) mass is 391 g/mol. The van der Waals surface area contributed by atoms with Gasteiger partial charge in [-0.15, -0.1) is 0 Å². The molecule has 0 aliphatic rings. The summed E-state index contributed by atoms with van der Waals surface area (Å²) in [6, 6.07) is 10.4. The van der Waals surface area contributed by atoms with Crippen molar-refractivity contribution in [3.8, 4) is 0 Å². The topological polar surface area (TPSA) is 70.6 Å². The molecule has 136 valence electrons. The SMILES string of the molecule is CC(CC(=O)Nc1cc(C)cc(C)c1)=NNC(=O)c1ccc(Cl)cc1Cl. The first-order valence-electron chi connectivity index (χ1n) is 7.91. The van der Waals surface area contributed by atoms with E-state index >= 15 is 0 Å². The molecule has 7 heteroatoms. The predicted octanol–water partition coefficient (Wildman–Crippen LogP) is 4.74. The molecule has 0 aliphatic carbocycles. The van der Waals surface area contributed by atoms with E-state index in [4.69, 9.17) is 23.2 Å². The normalized spacial score (nSPS) is 11.2. The summed E-state index contributed by atoms with van der Waals surface area (Å²) in [5.41, 5.74) is 5.98. The van der Waals surface area contributed by atoms with Gasteiger partial charge in [0.1, 0.15) is 0 Å². The van der Waals surface area contributed by atoms with Gasteiger partial charge in [0.25, 0.3) is 5.91 Å². The lowest BCUT2D eigenvalue weighted by Crippen LogP contribution is -2.21. The molecule has 5 nitrogen and oxygen atoms in total. The van der Waals surface area contributed by atoms with Gasteiger partial charge in [0.15, 0.2) is 0 Å². The van der Waals surface area contributed by atoms with E-state index in [1.807, 2.05) is 32.0 Å². The first-order valence-corrected chi connectivity index (χ1v) is 8.67. The smallest absolute Gasteiger partial charge is 0.272 e. The lowest BCUT2D eigenvalue weighted by Gasteiger charge is -2.08. The van der Waals surface area contributed by atoms with Crippen molar-refractivity contribution in [2.24, 2.45) is 5.10 Å². The molecule has 0 saturated carbocycles. The van der Waals surface area contributed by atoms with Gasteiger partial charge in [-0.05, 0) is 62.2 Å². The molecule has 0 aromatic heterocycles. The Bertz CT molecular complexity index is 859. The molecule has 2 rings (SSSR count). The number of amides is 2. The van der Waals surface area contributed by atoms with E-state index in [2.05, 4.69) is 15.8 Å². The predicted molar refractivity (Wildman–Crippen MR) is 106 cm³/mol. The molecule has 0 heterocycles. The van der Waals surface area contributed by atoms with Crippen molar-refractivity contribution in [2.75, 3.05) is 5.32 Å². The fourth-order valence-corrected chi connectivity index (χ4v) is 2.90. The number of nitrogens with zero attached hydrogens (tertiary/aromatic N) is 1. The van der Waals surface area contributed by atoms with Crippen LogP contribution in [0.15, 0.2) is 41.5 Å². The summed E-state index contributed by atoms with van der Waals surface area (Å²) in [5, 5.41) is 7.44. The third-order valence-electron chi connectivity index (χ3n) is 3.45. The molecule has 2 amide bonds. The second-order valence-electron chi connectivity index (χ2n) is 6.01. The Hall–Kier alpha value is -2.37. The van der Waals surface area contributed by atoms with Gasteiger partial charge in [-0.2, -0.15) is 5.10 Å². The number of rotatable bonds is 5. The summed E-state index contributed by atoms with van der Waals surface area (Å²) < 4.78 is 0. The molecule has 0 fully saturated rings. The Balaban J connectivity index is 1.94. The maximum absolute atomic E-state index is 12.1. The molecule has 0 unspecified atom stereocenters. The van der Waals surface area contributed by atoms with Crippen molar-refractivity contribution < 1.29 is 9.59 Å². The fraction of sp³-hybridized carbons (Fsp3) is 0.211. The van der Waals surface area contributed by atoms with Gasteiger partial charge >= 0.3 is 0 Å². The second kappa shape index (κ2) is 8.83. The van der Waals surface area contributed by atoms with Gasteiger partial charge in [0.2, 0.25) is 5.91 Å². The van der Waals surface area contributed by atoms with Crippen molar-refractivity contribution in [3.05, 3.63) is 63.1 Å². The van der Waals surface area contributed by atoms with Gasteiger partial charge in [0.05, 0.1) is 17.0 Å². The second-order valence-corrected chi connectivity index (χ2v) is 6.86. The highest BCUT2D eigenvalue weighted by Gasteiger charge is 2.11. The molecule has 0 saturated heterocycles. The van der Waals surface area contributed by atoms with Crippen LogP contribution in [-0.4, -0.2) is 17.5 Å². The minimum Gasteiger partial charge on any atom is -0.326 e. The number of hydrogen-bond acceptors (Lipinski definition) is 3. The average molecular weight is 392 g/mol. The average Bonchev–Trinajstić information content (AvgIpc) is 2.51. The van der Waals surface area contributed by atoms with Crippen LogP contribution in [0.3, 0.4) is 0 Å². The largest absolute Gasteiger partial charge is 0.326 e. The van der Waals surface area contributed by atoms with Crippen molar-refractivity contribution in [3.63, 3.8) is 0 Å². The zero-order chi connectivity index (χ0) is 19.3. The van der Waals surface area contributed by atoms with Crippen molar-refractivity contribution >= 4 is 46.4 Å².